The third kappa shape index (κ3) is 1.68. The molecular formula is C6H6FN3O4. The maximum Gasteiger partial charge on any atom is 0.632 e. The van der Waals surface area contributed by atoms with E-state index in [1.807, 2.05) is 0 Å². The number of halogens is 1. The molecule has 0 unspecified atom stereocenters. The quantitative estimate of drug-likeness (QED) is 0.311. The van der Waals surface area contributed by atoms with Gasteiger partial charge in [0, 0.05) is 12.4 Å². The van der Waals surface area contributed by atoms with E-state index in [4.69, 9.17) is 0 Å². The van der Waals surface area contributed by atoms with Crippen LogP contribution in [0, 0.1) is 20.2 Å². The fourth-order valence-electron chi connectivity index (χ4n) is 0.890. The van der Waals surface area contributed by atoms with Gasteiger partial charge < -0.3 is 4.57 Å². The Hall–Kier alpha value is -1.99. The Bertz CT molecular complexity index is 336. The van der Waals surface area contributed by atoms with Gasteiger partial charge in [0.05, 0.1) is 0 Å². The first-order chi connectivity index (χ1) is 6.47. The molecule has 0 spiro atoms. The Morgan fingerprint density at radius 2 is 1.64 bits per heavy atom. The molecule has 0 saturated heterocycles. The molecule has 1 aromatic heterocycles. The first kappa shape index (κ1) is 10.1. The molecule has 0 saturated carbocycles. The predicted molar refractivity (Wildman–Crippen MR) is 42.3 cm³/mol. The summed E-state index contributed by atoms with van der Waals surface area (Å²) >= 11 is 0. The summed E-state index contributed by atoms with van der Waals surface area (Å²) in [5.74, 6) is -3.67. The van der Waals surface area contributed by atoms with E-state index in [2.05, 4.69) is 0 Å². The van der Waals surface area contributed by atoms with Crippen molar-refractivity contribution in [2.45, 2.75) is 12.5 Å². The summed E-state index contributed by atoms with van der Waals surface area (Å²) in [6.45, 7) is -0.944. The van der Waals surface area contributed by atoms with Crippen LogP contribution in [0.3, 0.4) is 0 Å². The first-order valence-corrected chi connectivity index (χ1v) is 3.55. The van der Waals surface area contributed by atoms with E-state index >= 15 is 0 Å². The largest absolute Gasteiger partial charge is 0.632 e. The van der Waals surface area contributed by atoms with Gasteiger partial charge in [-0.2, -0.15) is 0 Å². The van der Waals surface area contributed by atoms with Crippen LogP contribution in [0.1, 0.15) is 0 Å². The number of nitrogens with zero attached hydrogens (tertiary/aromatic N) is 3. The average Bonchev–Trinajstić information content (AvgIpc) is 2.55. The van der Waals surface area contributed by atoms with Gasteiger partial charge in [0.2, 0.25) is 6.54 Å². The van der Waals surface area contributed by atoms with Crippen LogP contribution >= 0.6 is 0 Å². The van der Waals surface area contributed by atoms with Gasteiger partial charge in [-0.05, 0) is 12.1 Å². The van der Waals surface area contributed by atoms with Crippen LogP contribution in [0.2, 0.25) is 0 Å². The van der Waals surface area contributed by atoms with Crippen LogP contribution in [0.15, 0.2) is 24.5 Å². The molecule has 76 valence electrons. The third-order valence-electron chi connectivity index (χ3n) is 1.61. The van der Waals surface area contributed by atoms with Crippen molar-refractivity contribution in [2.24, 2.45) is 0 Å². The molecule has 0 bridgehead atoms. The summed E-state index contributed by atoms with van der Waals surface area (Å²) in [4.78, 5) is 17.2. The zero-order chi connectivity index (χ0) is 10.8. The Labute approximate surface area is 77.1 Å². The van der Waals surface area contributed by atoms with Crippen LogP contribution in [0.5, 0.6) is 0 Å². The van der Waals surface area contributed by atoms with E-state index in [1.54, 1.807) is 0 Å². The maximum absolute atomic E-state index is 13.2. The average molecular weight is 203 g/mol. The van der Waals surface area contributed by atoms with E-state index in [1.165, 1.54) is 24.5 Å². The van der Waals surface area contributed by atoms with Crippen molar-refractivity contribution in [3.63, 3.8) is 0 Å². The lowest BCUT2D eigenvalue weighted by Gasteiger charge is -2.08. The minimum absolute atomic E-state index is 0.944. The lowest BCUT2D eigenvalue weighted by Crippen LogP contribution is -2.45. The van der Waals surface area contributed by atoms with Gasteiger partial charge in [0.1, 0.15) is 9.85 Å². The summed E-state index contributed by atoms with van der Waals surface area (Å²) in [5.41, 5.74) is 0. The standard InChI is InChI=1S/C6H6FN3O4/c7-6(9(11)12,10(13)14)5-8-3-1-2-4-8/h1-4H,5H2. The van der Waals surface area contributed by atoms with Crippen molar-refractivity contribution in [3.8, 4) is 0 Å². The molecule has 0 aliphatic heterocycles. The van der Waals surface area contributed by atoms with Crippen LogP contribution in [-0.2, 0) is 6.54 Å². The number of hydrogen-bond donors (Lipinski definition) is 0. The predicted octanol–water partition coefficient (Wildman–Crippen LogP) is 0.665. The minimum Gasteiger partial charge on any atom is -0.337 e. The smallest absolute Gasteiger partial charge is 0.337 e. The summed E-state index contributed by atoms with van der Waals surface area (Å²) in [7, 11) is 0. The second-order valence-electron chi connectivity index (χ2n) is 2.59. The lowest BCUT2D eigenvalue weighted by atomic mass is 10.4. The van der Waals surface area contributed by atoms with E-state index < -0.39 is 22.3 Å². The summed E-state index contributed by atoms with van der Waals surface area (Å²) in [6, 6.07) is 2.97. The second kappa shape index (κ2) is 3.40. The highest BCUT2D eigenvalue weighted by Gasteiger charge is 2.58. The first-order valence-electron chi connectivity index (χ1n) is 3.55. The van der Waals surface area contributed by atoms with E-state index in [9.17, 15) is 24.6 Å². The molecule has 0 N–H and O–H groups in total. The zero-order valence-corrected chi connectivity index (χ0v) is 6.87. The monoisotopic (exact) mass is 203 g/mol. The molecular weight excluding hydrogens is 197 g/mol. The fourth-order valence-corrected chi connectivity index (χ4v) is 0.890. The number of rotatable bonds is 4. The van der Waals surface area contributed by atoms with Crippen molar-refractivity contribution in [3.05, 3.63) is 44.8 Å². The molecule has 1 heterocycles. The van der Waals surface area contributed by atoms with Gasteiger partial charge >= 0.3 is 5.92 Å². The number of aromatic nitrogens is 1. The van der Waals surface area contributed by atoms with Gasteiger partial charge in [-0.3, -0.25) is 20.2 Å². The molecule has 7 nitrogen and oxygen atoms in total. The van der Waals surface area contributed by atoms with E-state index in [0.717, 1.165) is 4.57 Å². The van der Waals surface area contributed by atoms with Crippen molar-refractivity contribution in [1.29, 1.82) is 0 Å². The number of alkyl halides is 1. The maximum atomic E-state index is 13.2. The van der Waals surface area contributed by atoms with Gasteiger partial charge in [0.15, 0.2) is 0 Å². The third-order valence-corrected chi connectivity index (χ3v) is 1.61. The number of nitro groups is 2. The van der Waals surface area contributed by atoms with Gasteiger partial charge in [-0.25, -0.2) is 0 Å². The van der Waals surface area contributed by atoms with Crippen LogP contribution in [0.25, 0.3) is 0 Å². The Kier molecular flexibility index (Phi) is 2.45. The van der Waals surface area contributed by atoms with Crippen LogP contribution in [-0.4, -0.2) is 20.3 Å². The van der Waals surface area contributed by atoms with Gasteiger partial charge in [-0.1, -0.05) is 4.39 Å². The Morgan fingerprint density at radius 3 is 2.00 bits per heavy atom. The van der Waals surface area contributed by atoms with Gasteiger partial charge in [-0.15, -0.1) is 0 Å². The lowest BCUT2D eigenvalue weighted by molar-refractivity contribution is -0.833. The Morgan fingerprint density at radius 1 is 1.21 bits per heavy atom. The van der Waals surface area contributed by atoms with E-state index in [-0.39, 0.29) is 0 Å². The summed E-state index contributed by atoms with van der Waals surface area (Å²) < 4.78 is 14.2. The van der Waals surface area contributed by atoms with Gasteiger partial charge in [0.25, 0.3) is 0 Å². The van der Waals surface area contributed by atoms with Crippen molar-refractivity contribution in [1.82, 2.24) is 4.57 Å². The molecule has 0 amide bonds. The topological polar surface area (TPSA) is 91.2 Å². The van der Waals surface area contributed by atoms with Crippen LogP contribution < -0.4 is 0 Å². The molecule has 0 aromatic carbocycles. The SMILES string of the molecule is O=[N+]([O-])C(F)(Cn1cccc1)[N+](=O)[O-]. The molecule has 0 fully saturated rings. The molecule has 8 heteroatoms. The molecule has 0 aliphatic rings. The molecule has 0 radical (unpaired) electrons. The number of hydrogen-bond acceptors (Lipinski definition) is 4. The molecule has 1 rings (SSSR count). The second-order valence-corrected chi connectivity index (χ2v) is 2.59. The van der Waals surface area contributed by atoms with E-state index in [0.29, 0.717) is 0 Å². The summed E-state index contributed by atoms with van der Waals surface area (Å²) in [6.07, 6.45) is 2.61. The molecule has 0 aliphatic carbocycles. The molecule has 0 atom stereocenters. The normalized spacial score (nSPS) is 11.2. The minimum atomic E-state index is -3.67. The summed E-state index contributed by atoms with van der Waals surface area (Å²) in [5, 5.41) is 20.3. The van der Waals surface area contributed by atoms with Crippen molar-refractivity contribution in [2.75, 3.05) is 0 Å². The highest BCUT2D eigenvalue weighted by Crippen LogP contribution is 2.15. The molecule has 14 heavy (non-hydrogen) atoms. The Balaban J connectivity index is 2.91. The highest BCUT2D eigenvalue weighted by molar-refractivity contribution is 4.90. The van der Waals surface area contributed by atoms with Crippen molar-refractivity contribution < 1.29 is 14.2 Å². The molecule has 1 aromatic rings. The highest BCUT2D eigenvalue weighted by atomic mass is 19.2. The van der Waals surface area contributed by atoms with Crippen LogP contribution in [0.4, 0.5) is 4.39 Å². The van der Waals surface area contributed by atoms with Crippen molar-refractivity contribution >= 4 is 0 Å². The zero-order valence-electron chi connectivity index (χ0n) is 6.87. The fraction of sp³-hybridized carbons (Fsp3) is 0.333.